The van der Waals surface area contributed by atoms with E-state index in [4.69, 9.17) is 10.5 Å². The van der Waals surface area contributed by atoms with Gasteiger partial charge in [-0.2, -0.15) is 0 Å². The maximum Gasteiger partial charge on any atom is 1.00 e. The summed E-state index contributed by atoms with van der Waals surface area (Å²) in [6, 6.07) is 7.83. The number of benzene rings is 1. The summed E-state index contributed by atoms with van der Waals surface area (Å²) in [7, 11) is 1.65. The van der Waals surface area contributed by atoms with Crippen molar-refractivity contribution in [1.82, 2.24) is 0 Å². The molecule has 2 N–H and O–H groups in total. The minimum Gasteiger partial charge on any atom is -0.497 e. The fourth-order valence-corrected chi connectivity index (χ4v) is 1.06. The quantitative estimate of drug-likeness (QED) is 0.656. The molecular formula is C10H14NORb. The average molecular weight is 250 g/mol. The van der Waals surface area contributed by atoms with E-state index in [0.717, 1.165) is 12.2 Å². The molecule has 0 bridgehead atoms. The fourth-order valence-electron chi connectivity index (χ4n) is 1.06. The van der Waals surface area contributed by atoms with E-state index < -0.39 is 0 Å². The normalized spacial score (nSPS) is 11.6. The van der Waals surface area contributed by atoms with Gasteiger partial charge in [-0.05, 0) is 24.1 Å². The van der Waals surface area contributed by atoms with Crippen molar-refractivity contribution in [3.8, 4) is 5.75 Å². The summed E-state index contributed by atoms with van der Waals surface area (Å²) < 4.78 is 5.03. The van der Waals surface area contributed by atoms with Gasteiger partial charge in [0.2, 0.25) is 0 Å². The van der Waals surface area contributed by atoms with Gasteiger partial charge in [-0.15, -0.1) is 6.04 Å². The van der Waals surface area contributed by atoms with E-state index in [2.05, 4.69) is 6.92 Å². The molecule has 0 aromatic heterocycles. The van der Waals surface area contributed by atoms with E-state index in [0.29, 0.717) is 0 Å². The number of hydrogen-bond donors (Lipinski definition) is 1. The third-order valence-corrected chi connectivity index (χ3v) is 1.66. The monoisotopic (exact) mass is 249 g/mol. The molecule has 1 unspecified atom stereocenters. The van der Waals surface area contributed by atoms with Crippen LogP contribution in [0.15, 0.2) is 24.3 Å². The van der Waals surface area contributed by atoms with Gasteiger partial charge in [0, 0.05) is 0 Å². The zero-order valence-electron chi connectivity index (χ0n) is 8.29. The molecule has 0 aliphatic carbocycles. The van der Waals surface area contributed by atoms with Crippen LogP contribution in [0.5, 0.6) is 5.75 Å². The van der Waals surface area contributed by atoms with Gasteiger partial charge in [0.05, 0.1) is 7.11 Å². The number of rotatable bonds is 3. The van der Waals surface area contributed by atoms with Crippen molar-refractivity contribution in [2.75, 3.05) is 7.11 Å². The molecule has 0 aliphatic rings. The van der Waals surface area contributed by atoms with Gasteiger partial charge in [-0.1, -0.05) is 12.1 Å². The van der Waals surface area contributed by atoms with Gasteiger partial charge in [0.25, 0.3) is 0 Å². The molecule has 0 saturated carbocycles. The molecule has 1 aromatic rings. The standard InChI is InChI=1S/C10H14NO.Rb/c1-8(11)7-9-3-5-10(12-2)6-4-9;/h3-6,8H,1,7,11H2,2H3;/q-1;+1. The third-order valence-electron chi connectivity index (χ3n) is 1.66. The second kappa shape index (κ2) is 7.13. The van der Waals surface area contributed by atoms with E-state index in [1.165, 1.54) is 5.56 Å². The summed E-state index contributed by atoms with van der Waals surface area (Å²) in [5.41, 5.74) is 6.75. The molecule has 0 heterocycles. The SMILES string of the molecule is [CH2-]C(N)Cc1ccc(OC)cc1.[Rb+]. The largest absolute Gasteiger partial charge is 1.00 e. The Labute approximate surface area is 129 Å². The predicted molar refractivity (Wildman–Crippen MR) is 50.0 cm³/mol. The summed E-state index contributed by atoms with van der Waals surface area (Å²) in [5, 5.41) is 0. The minimum absolute atomic E-state index is 0. The summed E-state index contributed by atoms with van der Waals surface area (Å²) >= 11 is 0. The van der Waals surface area contributed by atoms with Gasteiger partial charge in [-0.3, -0.25) is 0 Å². The van der Waals surface area contributed by atoms with Crippen LogP contribution in [-0.4, -0.2) is 13.2 Å². The minimum atomic E-state index is -0.0293. The van der Waals surface area contributed by atoms with Gasteiger partial charge in [0.15, 0.2) is 0 Å². The zero-order valence-corrected chi connectivity index (χ0v) is 13.2. The molecule has 2 nitrogen and oxygen atoms in total. The van der Waals surface area contributed by atoms with Crippen LogP contribution in [0.3, 0.4) is 0 Å². The Morgan fingerprint density at radius 2 is 1.92 bits per heavy atom. The van der Waals surface area contributed by atoms with Crippen LogP contribution in [0.4, 0.5) is 0 Å². The predicted octanol–water partition coefficient (Wildman–Crippen LogP) is -1.60. The molecule has 1 aromatic carbocycles. The van der Waals surface area contributed by atoms with E-state index in [9.17, 15) is 0 Å². The van der Waals surface area contributed by atoms with Crippen molar-refractivity contribution in [2.45, 2.75) is 12.5 Å². The maximum absolute atomic E-state index is 5.55. The molecular weight excluding hydrogens is 236 g/mol. The van der Waals surface area contributed by atoms with E-state index in [-0.39, 0.29) is 64.2 Å². The first kappa shape index (κ1) is 13.8. The Hall–Kier alpha value is 0.785. The summed E-state index contributed by atoms with van der Waals surface area (Å²) in [6.07, 6.45) is 0.810. The van der Waals surface area contributed by atoms with Crippen LogP contribution in [0, 0.1) is 6.92 Å². The number of hydrogen-bond acceptors (Lipinski definition) is 2. The first-order chi connectivity index (χ1) is 5.72. The smallest absolute Gasteiger partial charge is 0.497 e. The average Bonchev–Trinajstić information content (AvgIpc) is 2.05. The topological polar surface area (TPSA) is 35.2 Å². The Balaban J connectivity index is 0.00000144. The molecule has 66 valence electrons. The van der Waals surface area contributed by atoms with Crippen molar-refractivity contribution < 1.29 is 62.9 Å². The van der Waals surface area contributed by atoms with Crippen molar-refractivity contribution in [3.05, 3.63) is 36.8 Å². The van der Waals surface area contributed by atoms with E-state index in [1.54, 1.807) is 7.11 Å². The number of ether oxygens (including phenoxy) is 1. The van der Waals surface area contributed by atoms with Gasteiger partial charge < -0.3 is 17.4 Å². The number of methoxy groups -OCH3 is 1. The Bertz CT molecular complexity index is 233. The van der Waals surface area contributed by atoms with E-state index in [1.807, 2.05) is 24.3 Å². The number of nitrogens with two attached hydrogens (primary N) is 1. The fraction of sp³-hybridized carbons (Fsp3) is 0.300. The van der Waals surface area contributed by atoms with Crippen LogP contribution in [0.25, 0.3) is 0 Å². The van der Waals surface area contributed by atoms with Gasteiger partial charge in [0.1, 0.15) is 5.75 Å². The Morgan fingerprint density at radius 1 is 1.38 bits per heavy atom. The third kappa shape index (κ3) is 5.28. The Kier molecular flexibility index (Phi) is 7.56. The van der Waals surface area contributed by atoms with E-state index >= 15 is 0 Å². The maximum atomic E-state index is 5.55. The van der Waals surface area contributed by atoms with Crippen molar-refractivity contribution in [1.29, 1.82) is 0 Å². The van der Waals surface area contributed by atoms with Crippen molar-refractivity contribution >= 4 is 0 Å². The van der Waals surface area contributed by atoms with Gasteiger partial charge in [-0.25, -0.2) is 0 Å². The second-order valence-electron chi connectivity index (χ2n) is 2.81. The van der Waals surface area contributed by atoms with Crippen LogP contribution in [0.2, 0.25) is 0 Å². The first-order valence-corrected chi connectivity index (χ1v) is 3.94. The zero-order chi connectivity index (χ0) is 8.97. The first-order valence-electron chi connectivity index (χ1n) is 3.94. The molecule has 0 spiro atoms. The van der Waals surface area contributed by atoms with Gasteiger partial charge >= 0.3 is 58.2 Å². The molecule has 0 radical (unpaired) electrons. The van der Waals surface area contributed by atoms with Crippen LogP contribution in [-0.2, 0) is 6.42 Å². The summed E-state index contributed by atoms with van der Waals surface area (Å²) in [6.45, 7) is 3.72. The molecule has 0 amide bonds. The molecule has 13 heavy (non-hydrogen) atoms. The molecule has 1 rings (SSSR count). The summed E-state index contributed by atoms with van der Waals surface area (Å²) in [4.78, 5) is 0. The molecule has 0 saturated heterocycles. The molecule has 0 aliphatic heterocycles. The molecule has 3 heteroatoms. The molecule has 1 atom stereocenters. The second-order valence-corrected chi connectivity index (χ2v) is 2.81. The van der Waals surface area contributed by atoms with Crippen LogP contribution >= 0.6 is 0 Å². The molecule has 0 fully saturated rings. The summed E-state index contributed by atoms with van der Waals surface area (Å²) in [5.74, 6) is 0.872. The Morgan fingerprint density at radius 3 is 2.31 bits per heavy atom. The van der Waals surface area contributed by atoms with Crippen LogP contribution < -0.4 is 68.7 Å². The van der Waals surface area contributed by atoms with Crippen molar-refractivity contribution in [3.63, 3.8) is 0 Å². The van der Waals surface area contributed by atoms with Crippen LogP contribution in [0.1, 0.15) is 5.56 Å². The van der Waals surface area contributed by atoms with Crippen molar-refractivity contribution in [2.24, 2.45) is 5.73 Å².